The minimum Gasteiger partial charge on any atom is -0.478 e. The second kappa shape index (κ2) is 5.73. The van der Waals surface area contributed by atoms with Gasteiger partial charge >= 0.3 is 12.0 Å². The van der Waals surface area contributed by atoms with Crippen molar-refractivity contribution in [2.45, 2.75) is 26.2 Å². The first kappa shape index (κ1) is 13.4. The standard InChI is InChI=1S/C14H18N2O3/c1-9-3-2-4-11(13(17)18)12(9)16-14(19)15-8-7-10-5-6-10/h2-4,10H,5-8H2,1H3,(H,17,18)(H2,15,16,19). The van der Waals surface area contributed by atoms with Crippen molar-refractivity contribution in [2.75, 3.05) is 11.9 Å². The van der Waals surface area contributed by atoms with Crippen LogP contribution in [-0.4, -0.2) is 23.7 Å². The van der Waals surface area contributed by atoms with Gasteiger partial charge in [0.15, 0.2) is 0 Å². The van der Waals surface area contributed by atoms with Gasteiger partial charge in [-0.25, -0.2) is 9.59 Å². The molecular formula is C14H18N2O3. The van der Waals surface area contributed by atoms with Crippen molar-refractivity contribution >= 4 is 17.7 Å². The Hall–Kier alpha value is -2.04. The number of rotatable bonds is 5. The number of hydrogen-bond donors (Lipinski definition) is 3. The number of aromatic carboxylic acids is 1. The smallest absolute Gasteiger partial charge is 0.337 e. The van der Waals surface area contributed by atoms with E-state index >= 15 is 0 Å². The molecule has 5 nitrogen and oxygen atoms in total. The zero-order chi connectivity index (χ0) is 13.8. The Kier molecular flexibility index (Phi) is 4.04. The van der Waals surface area contributed by atoms with Crippen molar-refractivity contribution in [3.63, 3.8) is 0 Å². The second-order valence-electron chi connectivity index (χ2n) is 4.92. The number of benzene rings is 1. The molecule has 0 bridgehead atoms. The number of para-hydroxylation sites is 1. The minimum absolute atomic E-state index is 0.109. The maximum absolute atomic E-state index is 11.7. The topological polar surface area (TPSA) is 78.4 Å². The fourth-order valence-electron chi connectivity index (χ4n) is 1.97. The van der Waals surface area contributed by atoms with E-state index in [-0.39, 0.29) is 11.6 Å². The molecule has 102 valence electrons. The molecule has 2 amide bonds. The summed E-state index contributed by atoms with van der Waals surface area (Å²) in [6, 6.07) is 4.56. The highest BCUT2D eigenvalue weighted by Crippen LogP contribution is 2.31. The van der Waals surface area contributed by atoms with E-state index in [9.17, 15) is 9.59 Å². The minimum atomic E-state index is -1.04. The summed E-state index contributed by atoms with van der Waals surface area (Å²) in [6.07, 6.45) is 3.50. The lowest BCUT2D eigenvalue weighted by atomic mass is 10.1. The van der Waals surface area contributed by atoms with Crippen LogP contribution in [0.25, 0.3) is 0 Å². The second-order valence-corrected chi connectivity index (χ2v) is 4.92. The number of amides is 2. The Morgan fingerprint density at radius 2 is 2.11 bits per heavy atom. The first-order valence-corrected chi connectivity index (χ1v) is 6.45. The number of hydrogen-bond acceptors (Lipinski definition) is 2. The van der Waals surface area contributed by atoms with Crippen LogP contribution in [0.15, 0.2) is 18.2 Å². The molecule has 0 spiro atoms. The van der Waals surface area contributed by atoms with Crippen LogP contribution in [0.5, 0.6) is 0 Å². The van der Waals surface area contributed by atoms with Gasteiger partial charge in [-0.3, -0.25) is 0 Å². The highest BCUT2D eigenvalue weighted by Gasteiger charge is 2.21. The maximum atomic E-state index is 11.7. The first-order valence-electron chi connectivity index (χ1n) is 6.45. The molecule has 2 rings (SSSR count). The lowest BCUT2D eigenvalue weighted by molar-refractivity contribution is 0.0698. The first-order chi connectivity index (χ1) is 9.08. The van der Waals surface area contributed by atoms with Crippen LogP contribution < -0.4 is 10.6 Å². The molecule has 0 unspecified atom stereocenters. The van der Waals surface area contributed by atoms with Gasteiger partial charge in [0.2, 0.25) is 0 Å². The Bertz CT molecular complexity index is 495. The molecule has 0 aromatic heterocycles. The molecule has 0 radical (unpaired) electrons. The molecule has 1 fully saturated rings. The quantitative estimate of drug-likeness (QED) is 0.763. The highest BCUT2D eigenvalue weighted by atomic mass is 16.4. The third-order valence-electron chi connectivity index (χ3n) is 3.28. The number of nitrogens with one attached hydrogen (secondary N) is 2. The molecule has 0 heterocycles. The van der Waals surface area contributed by atoms with E-state index in [4.69, 9.17) is 5.11 Å². The van der Waals surface area contributed by atoms with Crippen molar-refractivity contribution in [2.24, 2.45) is 5.92 Å². The Labute approximate surface area is 112 Å². The van der Waals surface area contributed by atoms with Crippen molar-refractivity contribution in [1.29, 1.82) is 0 Å². The number of aryl methyl sites for hydroxylation is 1. The fraction of sp³-hybridized carbons (Fsp3) is 0.429. The van der Waals surface area contributed by atoms with Crippen LogP contribution in [0.4, 0.5) is 10.5 Å². The average molecular weight is 262 g/mol. The van der Waals surface area contributed by atoms with Crippen LogP contribution in [0.1, 0.15) is 35.2 Å². The maximum Gasteiger partial charge on any atom is 0.337 e. The summed E-state index contributed by atoms with van der Waals surface area (Å²) in [5, 5.41) is 14.5. The van der Waals surface area contributed by atoms with Gasteiger partial charge in [-0.15, -0.1) is 0 Å². The van der Waals surface area contributed by atoms with E-state index in [0.717, 1.165) is 17.9 Å². The molecule has 5 heteroatoms. The van der Waals surface area contributed by atoms with Crippen molar-refractivity contribution in [1.82, 2.24) is 5.32 Å². The van der Waals surface area contributed by atoms with Gasteiger partial charge in [-0.2, -0.15) is 0 Å². The number of urea groups is 1. The molecule has 19 heavy (non-hydrogen) atoms. The number of carbonyl (C=O) groups is 2. The Balaban J connectivity index is 1.96. The van der Waals surface area contributed by atoms with Crippen LogP contribution >= 0.6 is 0 Å². The summed E-state index contributed by atoms with van der Waals surface area (Å²) >= 11 is 0. The normalized spacial score (nSPS) is 13.9. The van der Waals surface area contributed by atoms with E-state index < -0.39 is 5.97 Å². The Morgan fingerprint density at radius 3 is 2.74 bits per heavy atom. The van der Waals surface area contributed by atoms with E-state index in [1.807, 2.05) is 0 Å². The van der Waals surface area contributed by atoms with E-state index in [2.05, 4.69) is 10.6 Å². The number of anilines is 1. The molecule has 1 aliphatic carbocycles. The van der Waals surface area contributed by atoms with Gasteiger partial charge < -0.3 is 15.7 Å². The molecule has 0 aliphatic heterocycles. The number of carboxylic acid groups (broad SMARTS) is 1. The molecule has 1 aliphatic rings. The predicted octanol–water partition coefficient (Wildman–Crippen LogP) is 2.61. The van der Waals surface area contributed by atoms with Crippen LogP contribution in [0, 0.1) is 12.8 Å². The van der Waals surface area contributed by atoms with Crippen LogP contribution in [-0.2, 0) is 0 Å². The summed E-state index contributed by atoms with van der Waals surface area (Å²) in [5.74, 6) is -0.287. The molecule has 0 atom stereocenters. The lowest BCUT2D eigenvalue weighted by Crippen LogP contribution is -2.30. The van der Waals surface area contributed by atoms with Crippen LogP contribution in [0.3, 0.4) is 0 Å². The van der Waals surface area contributed by atoms with Crippen molar-refractivity contribution < 1.29 is 14.7 Å². The van der Waals surface area contributed by atoms with Crippen molar-refractivity contribution in [3.05, 3.63) is 29.3 Å². The van der Waals surface area contributed by atoms with Gasteiger partial charge in [-0.05, 0) is 30.9 Å². The molecular weight excluding hydrogens is 244 g/mol. The third-order valence-corrected chi connectivity index (χ3v) is 3.28. The predicted molar refractivity (Wildman–Crippen MR) is 72.5 cm³/mol. The van der Waals surface area contributed by atoms with E-state index in [1.165, 1.54) is 18.9 Å². The summed E-state index contributed by atoms with van der Waals surface area (Å²) in [4.78, 5) is 22.8. The van der Waals surface area contributed by atoms with Gasteiger partial charge in [-0.1, -0.05) is 25.0 Å². The van der Waals surface area contributed by atoms with Crippen molar-refractivity contribution in [3.8, 4) is 0 Å². The largest absolute Gasteiger partial charge is 0.478 e. The highest BCUT2D eigenvalue weighted by molar-refractivity contribution is 6.00. The fourth-order valence-corrected chi connectivity index (χ4v) is 1.97. The molecule has 1 saturated carbocycles. The molecule has 3 N–H and O–H groups in total. The SMILES string of the molecule is Cc1cccc(C(=O)O)c1NC(=O)NCCC1CC1. The molecule has 0 saturated heterocycles. The van der Waals surface area contributed by atoms with E-state index in [1.54, 1.807) is 19.1 Å². The summed E-state index contributed by atoms with van der Waals surface area (Å²) in [6.45, 7) is 2.40. The van der Waals surface area contributed by atoms with Gasteiger partial charge in [0, 0.05) is 6.54 Å². The monoisotopic (exact) mass is 262 g/mol. The molecule has 1 aromatic rings. The summed E-state index contributed by atoms with van der Waals surface area (Å²) < 4.78 is 0. The average Bonchev–Trinajstić information content (AvgIpc) is 3.15. The zero-order valence-electron chi connectivity index (χ0n) is 10.9. The van der Waals surface area contributed by atoms with E-state index in [0.29, 0.717) is 12.2 Å². The van der Waals surface area contributed by atoms with Gasteiger partial charge in [0.1, 0.15) is 0 Å². The Morgan fingerprint density at radius 1 is 1.37 bits per heavy atom. The third kappa shape index (κ3) is 3.71. The van der Waals surface area contributed by atoms with Crippen LogP contribution in [0.2, 0.25) is 0 Å². The zero-order valence-corrected chi connectivity index (χ0v) is 10.9. The van der Waals surface area contributed by atoms with Gasteiger partial charge in [0.25, 0.3) is 0 Å². The molecule has 1 aromatic carbocycles. The number of carboxylic acids is 1. The number of carbonyl (C=O) groups excluding carboxylic acids is 1. The summed E-state index contributed by atoms with van der Waals surface area (Å²) in [7, 11) is 0. The summed E-state index contributed by atoms with van der Waals surface area (Å²) in [5.41, 5.74) is 1.20. The lowest BCUT2D eigenvalue weighted by Gasteiger charge is -2.12. The van der Waals surface area contributed by atoms with Gasteiger partial charge in [0.05, 0.1) is 11.3 Å².